The van der Waals surface area contributed by atoms with Gasteiger partial charge in [-0.1, -0.05) is 5.92 Å². The number of hydrogen-bond acceptors (Lipinski definition) is 2. The summed E-state index contributed by atoms with van der Waals surface area (Å²) >= 11 is 0. The van der Waals surface area contributed by atoms with Gasteiger partial charge in [0.2, 0.25) is 0 Å². The van der Waals surface area contributed by atoms with Crippen LogP contribution in [-0.4, -0.2) is 50.1 Å². The molecule has 0 unspecified atom stereocenters. The summed E-state index contributed by atoms with van der Waals surface area (Å²) in [4.78, 5) is 7.04. The average Bonchev–Trinajstić information content (AvgIpc) is 2.88. The number of aliphatic imine (C=N–C) groups is 1. The maximum atomic E-state index is 5.22. The van der Waals surface area contributed by atoms with Gasteiger partial charge in [0, 0.05) is 13.1 Å². The monoisotopic (exact) mass is 250 g/mol. The fourth-order valence-corrected chi connectivity index (χ4v) is 2.12. The minimum Gasteiger partial charge on any atom is -0.357 e. The van der Waals surface area contributed by atoms with Crippen molar-refractivity contribution in [3.8, 4) is 12.3 Å². The number of nitrogens with zero attached hydrogens (tertiary/aromatic N) is 2. The van der Waals surface area contributed by atoms with Gasteiger partial charge in [-0.3, -0.25) is 4.99 Å². The Labute approximate surface area is 111 Å². The molecule has 0 aromatic rings. The van der Waals surface area contributed by atoms with Crippen molar-refractivity contribution in [2.75, 3.05) is 39.3 Å². The fourth-order valence-electron chi connectivity index (χ4n) is 2.12. The lowest BCUT2D eigenvalue weighted by molar-refractivity contribution is 0.331. The van der Waals surface area contributed by atoms with E-state index in [1.54, 1.807) is 0 Å². The molecule has 0 spiro atoms. The first-order valence-corrected chi connectivity index (χ1v) is 7.04. The van der Waals surface area contributed by atoms with E-state index in [0.29, 0.717) is 6.54 Å². The summed E-state index contributed by atoms with van der Waals surface area (Å²) in [5.41, 5.74) is 0. The molecule has 1 saturated heterocycles. The highest BCUT2D eigenvalue weighted by molar-refractivity contribution is 5.79. The van der Waals surface area contributed by atoms with Crippen LogP contribution >= 0.6 is 0 Å². The lowest BCUT2D eigenvalue weighted by atomic mass is 10.3. The van der Waals surface area contributed by atoms with E-state index < -0.39 is 0 Å². The Balaban J connectivity index is 2.09. The Kier molecular flexibility index (Phi) is 8.07. The number of nitrogens with one attached hydrogen (secondary N) is 2. The quantitative estimate of drug-likeness (QED) is 0.307. The van der Waals surface area contributed by atoms with Gasteiger partial charge < -0.3 is 15.5 Å². The van der Waals surface area contributed by atoms with Crippen molar-refractivity contribution in [3.63, 3.8) is 0 Å². The lowest BCUT2D eigenvalue weighted by Gasteiger charge is -2.13. The first kappa shape index (κ1) is 14.8. The Morgan fingerprint density at radius 3 is 2.72 bits per heavy atom. The minimum atomic E-state index is 0.527. The Hall–Kier alpha value is -1.21. The summed E-state index contributed by atoms with van der Waals surface area (Å²) in [5, 5.41) is 6.28. The maximum Gasteiger partial charge on any atom is 0.192 e. The number of guanidine groups is 1. The van der Waals surface area contributed by atoms with Crippen LogP contribution in [0.5, 0.6) is 0 Å². The summed E-state index contributed by atoms with van der Waals surface area (Å²) in [6, 6.07) is 0. The highest BCUT2D eigenvalue weighted by Gasteiger charge is 2.09. The van der Waals surface area contributed by atoms with Crippen LogP contribution in [0.4, 0.5) is 0 Å². The SMILES string of the molecule is C#CCNC(=NCCCCN1CCCC1)NCC. The molecule has 0 atom stereocenters. The molecule has 18 heavy (non-hydrogen) atoms. The summed E-state index contributed by atoms with van der Waals surface area (Å²) in [6.45, 7) is 8.12. The van der Waals surface area contributed by atoms with Gasteiger partial charge in [0.1, 0.15) is 0 Å². The van der Waals surface area contributed by atoms with Gasteiger partial charge in [-0.05, 0) is 52.2 Å². The Morgan fingerprint density at radius 1 is 1.28 bits per heavy atom. The third kappa shape index (κ3) is 6.51. The molecule has 0 aromatic carbocycles. The number of rotatable bonds is 7. The van der Waals surface area contributed by atoms with Crippen LogP contribution in [0.15, 0.2) is 4.99 Å². The van der Waals surface area contributed by atoms with Gasteiger partial charge in [-0.2, -0.15) is 0 Å². The Bertz CT molecular complexity index is 274. The van der Waals surface area contributed by atoms with Gasteiger partial charge in [-0.15, -0.1) is 6.42 Å². The largest absolute Gasteiger partial charge is 0.357 e. The third-order valence-electron chi connectivity index (χ3n) is 3.05. The molecule has 1 heterocycles. The molecule has 1 aliphatic rings. The number of unbranched alkanes of at least 4 members (excludes halogenated alkanes) is 1. The highest BCUT2D eigenvalue weighted by atomic mass is 15.2. The minimum absolute atomic E-state index is 0.527. The van der Waals surface area contributed by atoms with E-state index >= 15 is 0 Å². The summed E-state index contributed by atoms with van der Waals surface area (Å²) in [7, 11) is 0. The van der Waals surface area contributed by atoms with Gasteiger partial charge in [0.05, 0.1) is 6.54 Å². The fraction of sp³-hybridized carbons (Fsp3) is 0.786. The van der Waals surface area contributed by atoms with Crippen LogP contribution in [0.3, 0.4) is 0 Å². The number of likely N-dealkylation sites (tertiary alicyclic amines) is 1. The van der Waals surface area contributed by atoms with E-state index in [1.165, 1.54) is 38.9 Å². The second-order valence-electron chi connectivity index (χ2n) is 4.57. The van der Waals surface area contributed by atoms with E-state index in [0.717, 1.165) is 25.5 Å². The number of hydrogen-bond donors (Lipinski definition) is 2. The summed E-state index contributed by atoms with van der Waals surface area (Å²) < 4.78 is 0. The molecule has 0 radical (unpaired) electrons. The van der Waals surface area contributed by atoms with Crippen LogP contribution in [-0.2, 0) is 0 Å². The van der Waals surface area contributed by atoms with Crippen LogP contribution in [0.2, 0.25) is 0 Å². The molecule has 1 rings (SSSR count). The summed E-state index contributed by atoms with van der Waals surface area (Å²) in [6.07, 6.45) is 10.3. The molecule has 4 heteroatoms. The van der Waals surface area contributed by atoms with Crippen LogP contribution < -0.4 is 10.6 Å². The van der Waals surface area contributed by atoms with Crippen molar-refractivity contribution in [1.82, 2.24) is 15.5 Å². The average molecular weight is 250 g/mol. The molecular weight excluding hydrogens is 224 g/mol. The van der Waals surface area contributed by atoms with Crippen LogP contribution in [0.25, 0.3) is 0 Å². The molecule has 1 fully saturated rings. The maximum absolute atomic E-state index is 5.22. The third-order valence-corrected chi connectivity index (χ3v) is 3.05. The molecule has 0 amide bonds. The summed E-state index contributed by atoms with van der Waals surface area (Å²) in [5.74, 6) is 3.39. The van der Waals surface area contributed by atoms with Crippen molar-refractivity contribution in [3.05, 3.63) is 0 Å². The van der Waals surface area contributed by atoms with Crippen molar-refractivity contribution >= 4 is 5.96 Å². The smallest absolute Gasteiger partial charge is 0.192 e. The predicted octanol–water partition coefficient (Wildman–Crippen LogP) is 1.05. The van der Waals surface area contributed by atoms with E-state index in [4.69, 9.17) is 6.42 Å². The standard InChI is InChI=1S/C14H26N4/c1-3-9-16-14(15-4-2)17-10-5-6-11-18-12-7-8-13-18/h1H,4-13H2,2H3,(H2,15,16,17). The topological polar surface area (TPSA) is 39.7 Å². The normalized spacial score (nSPS) is 16.6. The van der Waals surface area contributed by atoms with Gasteiger partial charge in [-0.25, -0.2) is 0 Å². The zero-order valence-corrected chi connectivity index (χ0v) is 11.5. The second-order valence-corrected chi connectivity index (χ2v) is 4.57. The zero-order valence-electron chi connectivity index (χ0n) is 11.5. The van der Waals surface area contributed by atoms with Crippen molar-refractivity contribution < 1.29 is 0 Å². The van der Waals surface area contributed by atoms with Crippen LogP contribution in [0, 0.1) is 12.3 Å². The van der Waals surface area contributed by atoms with E-state index in [2.05, 4.69) is 33.4 Å². The molecule has 4 nitrogen and oxygen atoms in total. The van der Waals surface area contributed by atoms with Gasteiger partial charge in [0.25, 0.3) is 0 Å². The van der Waals surface area contributed by atoms with Gasteiger partial charge >= 0.3 is 0 Å². The molecule has 0 aliphatic carbocycles. The second kappa shape index (κ2) is 9.78. The molecule has 102 valence electrons. The first-order valence-electron chi connectivity index (χ1n) is 7.04. The molecular formula is C14H26N4. The predicted molar refractivity (Wildman–Crippen MR) is 77.7 cm³/mol. The van der Waals surface area contributed by atoms with E-state index in [-0.39, 0.29) is 0 Å². The molecule has 0 aromatic heterocycles. The van der Waals surface area contributed by atoms with Crippen LogP contribution in [0.1, 0.15) is 32.6 Å². The Morgan fingerprint density at radius 2 is 2.06 bits per heavy atom. The van der Waals surface area contributed by atoms with E-state index in [9.17, 15) is 0 Å². The van der Waals surface area contributed by atoms with Crippen molar-refractivity contribution in [2.24, 2.45) is 4.99 Å². The number of terminal acetylenes is 1. The molecule has 0 saturated carbocycles. The van der Waals surface area contributed by atoms with Crippen molar-refractivity contribution in [2.45, 2.75) is 32.6 Å². The molecule has 2 N–H and O–H groups in total. The first-order chi connectivity index (χ1) is 8.86. The highest BCUT2D eigenvalue weighted by Crippen LogP contribution is 2.08. The molecule has 1 aliphatic heterocycles. The van der Waals surface area contributed by atoms with E-state index in [1.807, 2.05) is 0 Å². The van der Waals surface area contributed by atoms with Gasteiger partial charge in [0.15, 0.2) is 5.96 Å². The lowest BCUT2D eigenvalue weighted by Crippen LogP contribution is -2.37. The van der Waals surface area contributed by atoms with Crippen molar-refractivity contribution in [1.29, 1.82) is 0 Å². The molecule has 0 bridgehead atoms. The zero-order chi connectivity index (χ0) is 13.1.